The topological polar surface area (TPSA) is 96.9 Å². The van der Waals surface area contributed by atoms with E-state index in [-0.39, 0.29) is 6.54 Å². The van der Waals surface area contributed by atoms with E-state index in [1.54, 1.807) is 12.1 Å². The summed E-state index contributed by atoms with van der Waals surface area (Å²) in [6, 6.07) is 4.15. The van der Waals surface area contributed by atoms with Gasteiger partial charge in [-0.15, -0.1) is 0 Å². The maximum absolute atomic E-state index is 11.7. The van der Waals surface area contributed by atoms with E-state index < -0.39 is 18.1 Å². The Labute approximate surface area is 120 Å². The molecule has 0 aliphatic carbocycles. The van der Waals surface area contributed by atoms with Crippen molar-refractivity contribution < 1.29 is 24.2 Å². The van der Waals surface area contributed by atoms with Gasteiger partial charge >= 0.3 is 12.0 Å². The third-order valence-corrected chi connectivity index (χ3v) is 2.65. The number of nitrogens with one attached hydrogen (secondary N) is 2. The summed E-state index contributed by atoms with van der Waals surface area (Å²) < 4.78 is 9.75. The number of carboxylic acids is 1. The van der Waals surface area contributed by atoms with E-state index in [0.29, 0.717) is 16.5 Å². The number of carboxylic acid groups (broad SMARTS) is 1. The molecule has 0 aliphatic heterocycles. The molecule has 1 aromatic carbocycles. The molecule has 2 amide bonds. The predicted octanol–water partition coefficient (Wildman–Crippen LogP) is 1.57. The highest BCUT2D eigenvalue weighted by atomic mass is 35.5. The Kier molecular flexibility index (Phi) is 6.08. The molecule has 1 rings (SSSR count). The third kappa shape index (κ3) is 4.60. The maximum Gasteiger partial charge on any atom is 0.334 e. The molecule has 0 heterocycles. The Morgan fingerprint density at radius 1 is 1.40 bits per heavy atom. The van der Waals surface area contributed by atoms with Crippen LogP contribution < -0.4 is 15.4 Å². The zero-order valence-electron chi connectivity index (χ0n) is 11.0. The number of anilines is 1. The fraction of sp³-hybridized carbons (Fsp3) is 0.333. The van der Waals surface area contributed by atoms with Gasteiger partial charge in [0.05, 0.1) is 19.3 Å². The Bertz CT molecular complexity index is 495. The number of carbonyl (C=O) groups excluding carboxylic acids is 1. The van der Waals surface area contributed by atoms with Crippen molar-refractivity contribution >= 4 is 29.3 Å². The van der Waals surface area contributed by atoms with Gasteiger partial charge in [-0.2, -0.15) is 0 Å². The third-order valence-electron chi connectivity index (χ3n) is 2.42. The van der Waals surface area contributed by atoms with Gasteiger partial charge in [0.1, 0.15) is 5.75 Å². The van der Waals surface area contributed by atoms with Gasteiger partial charge in [0, 0.05) is 12.1 Å². The second kappa shape index (κ2) is 7.56. The summed E-state index contributed by atoms with van der Waals surface area (Å²) in [7, 11) is 2.70. The van der Waals surface area contributed by atoms with E-state index in [4.69, 9.17) is 21.4 Å². The number of ether oxygens (including phenoxy) is 2. The second-order valence-electron chi connectivity index (χ2n) is 3.74. The van der Waals surface area contributed by atoms with E-state index in [1.165, 1.54) is 20.3 Å². The lowest BCUT2D eigenvalue weighted by atomic mass is 10.3. The second-order valence-corrected chi connectivity index (χ2v) is 4.18. The minimum absolute atomic E-state index is 0.166. The predicted molar refractivity (Wildman–Crippen MR) is 73.5 cm³/mol. The quantitative estimate of drug-likeness (QED) is 0.741. The van der Waals surface area contributed by atoms with Gasteiger partial charge in [0.2, 0.25) is 0 Å². The van der Waals surface area contributed by atoms with Crippen LogP contribution in [0.25, 0.3) is 0 Å². The van der Waals surface area contributed by atoms with Crippen molar-refractivity contribution in [2.45, 2.75) is 6.10 Å². The molecule has 8 heteroatoms. The molecule has 7 nitrogen and oxygen atoms in total. The molecule has 0 fully saturated rings. The van der Waals surface area contributed by atoms with Crippen LogP contribution in [0.15, 0.2) is 18.2 Å². The number of urea groups is 1. The molecule has 0 aliphatic rings. The molecule has 1 unspecified atom stereocenters. The maximum atomic E-state index is 11.7. The summed E-state index contributed by atoms with van der Waals surface area (Å²) in [4.78, 5) is 22.4. The molecule has 0 bridgehead atoms. The Hall–Kier alpha value is -1.99. The zero-order chi connectivity index (χ0) is 15.1. The minimum Gasteiger partial charge on any atom is -0.495 e. The van der Waals surface area contributed by atoms with Crippen LogP contribution in [-0.2, 0) is 9.53 Å². The zero-order valence-corrected chi connectivity index (χ0v) is 11.7. The number of rotatable bonds is 6. The fourth-order valence-corrected chi connectivity index (χ4v) is 1.57. The Morgan fingerprint density at radius 2 is 2.10 bits per heavy atom. The number of benzene rings is 1. The van der Waals surface area contributed by atoms with Crippen LogP contribution in [0.3, 0.4) is 0 Å². The molecule has 0 spiro atoms. The average Bonchev–Trinajstić information content (AvgIpc) is 2.39. The van der Waals surface area contributed by atoms with E-state index >= 15 is 0 Å². The molecule has 0 saturated heterocycles. The van der Waals surface area contributed by atoms with Gasteiger partial charge in [0.25, 0.3) is 0 Å². The summed E-state index contributed by atoms with van der Waals surface area (Å²) in [5.74, 6) is -0.723. The van der Waals surface area contributed by atoms with Crippen LogP contribution >= 0.6 is 11.6 Å². The normalized spacial score (nSPS) is 11.6. The molecule has 1 aromatic rings. The average molecular weight is 303 g/mol. The molecular weight excluding hydrogens is 288 g/mol. The number of aliphatic carboxylic acids is 1. The van der Waals surface area contributed by atoms with Gasteiger partial charge in [-0.25, -0.2) is 9.59 Å². The molecule has 3 N–H and O–H groups in total. The van der Waals surface area contributed by atoms with Crippen molar-refractivity contribution in [3.63, 3.8) is 0 Å². The van der Waals surface area contributed by atoms with Crippen LogP contribution in [0, 0.1) is 0 Å². The smallest absolute Gasteiger partial charge is 0.334 e. The first-order valence-electron chi connectivity index (χ1n) is 5.62. The van der Waals surface area contributed by atoms with Gasteiger partial charge in [-0.3, -0.25) is 0 Å². The van der Waals surface area contributed by atoms with E-state index in [9.17, 15) is 9.59 Å². The van der Waals surface area contributed by atoms with Gasteiger partial charge < -0.3 is 25.2 Å². The van der Waals surface area contributed by atoms with Crippen LogP contribution in [0.2, 0.25) is 5.02 Å². The summed E-state index contributed by atoms with van der Waals surface area (Å²) in [5, 5.41) is 14.1. The van der Waals surface area contributed by atoms with Crippen molar-refractivity contribution in [3.05, 3.63) is 23.2 Å². The first-order valence-corrected chi connectivity index (χ1v) is 5.99. The van der Waals surface area contributed by atoms with Gasteiger partial charge in [-0.05, 0) is 18.2 Å². The summed E-state index contributed by atoms with van der Waals surface area (Å²) in [6.07, 6.45) is -1.11. The standard InChI is InChI=1S/C12H15ClN2O5/c1-19-9-4-3-7(13)5-8(9)15-12(18)14-6-10(20-2)11(16)17/h3-5,10H,6H2,1-2H3,(H,16,17)(H2,14,15,18). The van der Waals surface area contributed by atoms with Crippen molar-refractivity contribution in [1.82, 2.24) is 5.32 Å². The highest BCUT2D eigenvalue weighted by Crippen LogP contribution is 2.27. The van der Waals surface area contributed by atoms with E-state index in [2.05, 4.69) is 15.4 Å². The number of halogens is 1. The highest BCUT2D eigenvalue weighted by molar-refractivity contribution is 6.31. The number of hydrogen-bond acceptors (Lipinski definition) is 4. The Morgan fingerprint density at radius 3 is 2.65 bits per heavy atom. The first kappa shape index (κ1) is 16.1. The van der Waals surface area contributed by atoms with Gasteiger partial charge in [0.15, 0.2) is 6.10 Å². The molecule has 0 saturated carbocycles. The first-order chi connectivity index (χ1) is 9.47. The van der Waals surface area contributed by atoms with Crippen LogP contribution in [0.5, 0.6) is 5.75 Å². The van der Waals surface area contributed by atoms with Gasteiger partial charge in [-0.1, -0.05) is 11.6 Å². The van der Waals surface area contributed by atoms with Crippen molar-refractivity contribution in [2.75, 3.05) is 26.1 Å². The number of amides is 2. The minimum atomic E-state index is -1.16. The van der Waals surface area contributed by atoms with Crippen LogP contribution in [0.4, 0.5) is 10.5 Å². The van der Waals surface area contributed by atoms with E-state index in [1.807, 2.05) is 0 Å². The van der Waals surface area contributed by atoms with Crippen molar-refractivity contribution in [2.24, 2.45) is 0 Å². The van der Waals surface area contributed by atoms with Crippen LogP contribution in [-0.4, -0.2) is 44.0 Å². The summed E-state index contributed by atoms with van der Waals surface area (Å²) >= 11 is 5.82. The number of methoxy groups -OCH3 is 2. The summed E-state index contributed by atoms with van der Waals surface area (Å²) in [5.41, 5.74) is 0.377. The molecular formula is C12H15ClN2O5. The molecule has 0 aromatic heterocycles. The van der Waals surface area contributed by atoms with Crippen molar-refractivity contribution in [3.8, 4) is 5.75 Å². The fourth-order valence-electron chi connectivity index (χ4n) is 1.40. The van der Waals surface area contributed by atoms with E-state index in [0.717, 1.165) is 0 Å². The lowest BCUT2D eigenvalue weighted by Crippen LogP contribution is -2.39. The SMILES string of the molecule is COc1ccc(Cl)cc1NC(=O)NCC(OC)C(=O)O. The molecule has 110 valence electrons. The molecule has 20 heavy (non-hydrogen) atoms. The Balaban J connectivity index is 2.62. The monoisotopic (exact) mass is 302 g/mol. The molecule has 0 radical (unpaired) electrons. The largest absolute Gasteiger partial charge is 0.495 e. The van der Waals surface area contributed by atoms with Crippen LogP contribution in [0.1, 0.15) is 0 Å². The summed E-state index contributed by atoms with van der Waals surface area (Å²) in [6.45, 7) is -0.166. The number of carbonyl (C=O) groups is 2. The lowest BCUT2D eigenvalue weighted by Gasteiger charge is -2.14. The lowest BCUT2D eigenvalue weighted by molar-refractivity contribution is -0.147. The van der Waals surface area contributed by atoms with Crippen molar-refractivity contribution in [1.29, 1.82) is 0 Å². The number of hydrogen-bond donors (Lipinski definition) is 3. The molecule has 1 atom stereocenters. The highest BCUT2D eigenvalue weighted by Gasteiger charge is 2.17.